The summed E-state index contributed by atoms with van der Waals surface area (Å²) in [5.41, 5.74) is -0.797. The molecule has 0 radical (unpaired) electrons. The zero-order chi connectivity index (χ0) is 11.8. The van der Waals surface area contributed by atoms with Gasteiger partial charge in [0, 0.05) is 6.54 Å². The summed E-state index contributed by atoms with van der Waals surface area (Å²) in [6.07, 6.45) is -0.771. The number of cyclic esters (lactones) is 1. The van der Waals surface area contributed by atoms with Crippen LogP contribution in [-0.2, 0) is 9.47 Å². The molecule has 0 aliphatic carbocycles. The van der Waals surface area contributed by atoms with E-state index in [0.29, 0.717) is 6.54 Å². The number of aliphatic hydroxyl groups is 2. The number of carbonyl (C=O) groups excluding carboxylic acids is 1. The minimum absolute atomic E-state index is 0.224. The number of amides is 1. The van der Waals surface area contributed by atoms with Gasteiger partial charge in [-0.15, -0.1) is 0 Å². The Morgan fingerprint density at radius 2 is 2.24 bits per heavy atom. The first-order valence-electron chi connectivity index (χ1n) is 6.12. The lowest BCUT2D eigenvalue weighted by atomic mass is 9.67. The third-order valence-corrected chi connectivity index (χ3v) is 4.89. The van der Waals surface area contributed by atoms with Crippen LogP contribution in [0, 0.1) is 5.92 Å². The molecule has 1 amide bonds. The fourth-order valence-corrected chi connectivity index (χ4v) is 4.12. The van der Waals surface area contributed by atoms with Gasteiger partial charge in [0.15, 0.2) is 0 Å². The van der Waals surface area contributed by atoms with Crippen LogP contribution in [-0.4, -0.2) is 64.3 Å². The Hall–Kier alpha value is -0.850. The molecular weight excluding hydrogens is 226 g/mol. The zero-order valence-corrected chi connectivity index (χ0v) is 9.28. The van der Waals surface area contributed by atoms with Crippen LogP contribution >= 0.6 is 0 Å². The fourth-order valence-electron chi connectivity index (χ4n) is 4.12. The van der Waals surface area contributed by atoms with E-state index in [2.05, 4.69) is 0 Å². The Bertz CT molecular complexity index is 384. The van der Waals surface area contributed by atoms with Crippen molar-refractivity contribution in [2.45, 2.75) is 42.8 Å². The van der Waals surface area contributed by atoms with Crippen molar-refractivity contribution in [1.29, 1.82) is 0 Å². The van der Waals surface area contributed by atoms with Crippen LogP contribution in [0.4, 0.5) is 4.79 Å². The summed E-state index contributed by atoms with van der Waals surface area (Å²) in [4.78, 5) is 13.2. The van der Waals surface area contributed by atoms with Crippen molar-refractivity contribution >= 4 is 6.09 Å². The lowest BCUT2D eigenvalue weighted by Crippen LogP contribution is -2.66. The van der Waals surface area contributed by atoms with Crippen LogP contribution in [0.2, 0.25) is 0 Å². The lowest BCUT2D eigenvalue weighted by molar-refractivity contribution is -0.134. The monoisotopic (exact) mass is 241 g/mol. The van der Waals surface area contributed by atoms with Crippen molar-refractivity contribution in [3.63, 3.8) is 0 Å². The number of aliphatic hydroxyl groups excluding tert-OH is 2. The predicted octanol–water partition coefficient (Wildman–Crippen LogP) is -0.910. The standard InChI is InChI=1S/C11H15NO5/c13-8-6-3-5-1-2-12-7(4-16-10(12)15)11(5,17-6)9(8)14/h5-9,13-14H,1-4H2/t5-,6+,7+,8+,9+,11+/m1/s1. The molecule has 4 aliphatic rings. The molecule has 2 bridgehead atoms. The SMILES string of the molecule is O=C1OC[C@@H]2N1CC[C@@H]1C[C@@H]3O[C@@]12[C@@H](O)[C@H]3O. The third kappa shape index (κ3) is 0.963. The molecule has 2 N–H and O–H groups in total. The Morgan fingerprint density at radius 3 is 3.00 bits per heavy atom. The molecule has 0 aromatic heterocycles. The largest absolute Gasteiger partial charge is 0.447 e. The molecule has 0 aromatic carbocycles. The van der Waals surface area contributed by atoms with E-state index in [-0.39, 0.29) is 30.8 Å². The van der Waals surface area contributed by atoms with Gasteiger partial charge in [-0.1, -0.05) is 0 Å². The van der Waals surface area contributed by atoms with E-state index in [0.717, 1.165) is 12.8 Å². The summed E-state index contributed by atoms with van der Waals surface area (Å²) in [6, 6.07) is -0.245. The first-order valence-corrected chi connectivity index (χ1v) is 6.12. The molecule has 4 fully saturated rings. The van der Waals surface area contributed by atoms with Crippen molar-refractivity contribution < 1.29 is 24.5 Å². The quantitative estimate of drug-likeness (QED) is 0.574. The van der Waals surface area contributed by atoms with Gasteiger partial charge in [-0.2, -0.15) is 0 Å². The van der Waals surface area contributed by atoms with Gasteiger partial charge >= 0.3 is 6.09 Å². The smallest absolute Gasteiger partial charge is 0.410 e. The molecule has 0 unspecified atom stereocenters. The number of nitrogens with zero attached hydrogens (tertiary/aromatic N) is 1. The van der Waals surface area contributed by atoms with Crippen LogP contribution in [0.25, 0.3) is 0 Å². The van der Waals surface area contributed by atoms with E-state index >= 15 is 0 Å². The van der Waals surface area contributed by atoms with E-state index in [9.17, 15) is 15.0 Å². The lowest BCUT2D eigenvalue weighted by Gasteiger charge is -2.47. The fraction of sp³-hybridized carbons (Fsp3) is 0.909. The van der Waals surface area contributed by atoms with Crippen molar-refractivity contribution in [1.82, 2.24) is 4.90 Å². The van der Waals surface area contributed by atoms with E-state index < -0.39 is 17.8 Å². The van der Waals surface area contributed by atoms with Gasteiger partial charge in [0.2, 0.25) is 0 Å². The van der Waals surface area contributed by atoms with E-state index in [1.807, 2.05) is 0 Å². The second-order valence-electron chi connectivity index (χ2n) is 5.45. The minimum Gasteiger partial charge on any atom is -0.447 e. The molecular formula is C11H15NO5. The molecule has 6 atom stereocenters. The first-order chi connectivity index (χ1) is 8.14. The normalized spacial score (nSPS) is 55.8. The maximum atomic E-state index is 11.6. The Morgan fingerprint density at radius 1 is 1.41 bits per heavy atom. The van der Waals surface area contributed by atoms with Crippen molar-refractivity contribution in [2.75, 3.05) is 13.2 Å². The summed E-state index contributed by atoms with van der Waals surface area (Å²) in [5, 5.41) is 20.1. The van der Waals surface area contributed by atoms with Crippen LogP contribution in [0.5, 0.6) is 0 Å². The predicted molar refractivity (Wildman–Crippen MR) is 54.2 cm³/mol. The minimum atomic E-state index is -0.909. The highest BCUT2D eigenvalue weighted by Crippen LogP contribution is 2.55. The van der Waals surface area contributed by atoms with Gasteiger partial charge in [0.25, 0.3) is 0 Å². The van der Waals surface area contributed by atoms with Gasteiger partial charge in [0.05, 0.1) is 6.10 Å². The molecule has 4 rings (SSSR count). The van der Waals surface area contributed by atoms with Gasteiger partial charge in [0.1, 0.15) is 30.5 Å². The number of hydrogen-bond donors (Lipinski definition) is 2. The number of ether oxygens (including phenoxy) is 2. The van der Waals surface area contributed by atoms with Crippen LogP contribution < -0.4 is 0 Å². The molecule has 94 valence electrons. The molecule has 6 nitrogen and oxygen atoms in total. The Labute approximate surface area is 98.1 Å². The number of rotatable bonds is 0. The summed E-state index contributed by atoms with van der Waals surface area (Å²) < 4.78 is 10.9. The average molecular weight is 241 g/mol. The molecule has 1 spiro atoms. The molecule has 6 heteroatoms. The van der Waals surface area contributed by atoms with Gasteiger partial charge in [-0.05, 0) is 18.8 Å². The summed E-state index contributed by atoms with van der Waals surface area (Å²) in [6.45, 7) is 0.917. The first kappa shape index (κ1) is 10.1. The third-order valence-electron chi connectivity index (χ3n) is 4.89. The number of fused-ring (bicyclic) bond motifs is 2. The molecule has 0 aromatic rings. The summed E-state index contributed by atoms with van der Waals surface area (Å²) in [5.74, 6) is 0.224. The molecule has 17 heavy (non-hydrogen) atoms. The van der Waals surface area contributed by atoms with Gasteiger partial charge in [-0.3, -0.25) is 4.90 Å². The second-order valence-corrected chi connectivity index (χ2v) is 5.45. The van der Waals surface area contributed by atoms with Crippen molar-refractivity contribution in [2.24, 2.45) is 5.92 Å². The molecule has 4 heterocycles. The Kier molecular flexibility index (Phi) is 1.74. The average Bonchev–Trinajstić information content (AvgIpc) is 2.93. The highest BCUT2D eigenvalue weighted by Gasteiger charge is 2.71. The summed E-state index contributed by atoms with van der Waals surface area (Å²) >= 11 is 0. The van der Waals surface area contributed by atoms with E-state index in [1.165, 1.54) is 0 Å². The highest BCUT2D eigenvalue weighted by molar-refractivity contribution is 5.71. The molecule has 4 saturated heterocycles. The zero-order valence-electron chi connectivity index (χ0n) is 9.28. The number of hydrogen-bond acceptors (Lipinski definition) is 5. The van der Waals surface area contributed by atoms with E-state index in [4.69, 9.17) is 9.47 Å². The van der Waals surface area contributed by atoms with E-state index in [1.54, 1.807) is 4.90 Å². The van der Waals surface area contributed by atoms with Crippen LogP contribution in [0.15, 0.2) is 0 Å². The van der Waals surface area contributed by atoms with Crippen LogP contribution in [0.1, 0.15) is 12.8 Å². The number of carbonyl (C=O) groups is 1. The van der Waals surface area contributed by atoms with Crippen molar-refractivity contribution in [3.05, 3.63) is 0 Å². The molecule has 4 aliphatic heterocycles. The van der Waals surface area contributed by atoms with Gasteiger partial charge < -0.3 is 19.7 Å². The Balaban J connectivity index is 1.78. The topological polar surface area (TPSA) is 79.2 Å². The molecule has 0 saturated carbocycles. The number of piperidine rings is 1. The highest BCUT2D eigenvalue weighted by atomic mass is 16.6. The van der Waals surface area contributed by atoms with Gasteiger partial charge in [-0.25, -0.2) is 4.79 Å². The maximum absolute atomic E-state index is 11.6. The van der Waals surface area contributed by atoms with Crippen molar-refractivity contribution in [3.8, 4) is 0 Å². The van der Waals surface area contributed by atoms with Crippen LogP contribution in [0.3, 0.4) is 0 Å². The second kappa shape index (κ2) is 2.93. The summed E-state index contributed by atoms with van der Waals surface area (Å²) in [7, 11) is 0. The maximum Gasteiger partial charge on any atom is 0.410 e.